The summed E-state index contributed by atoms with van der Waals surface area (Å²) in [5.41, 5.74) is 1.25. The molecule has 6 heteroatoms. The van der Waals surface area contributed by atoms with E-state index < -0.39 is 12.0 Å². The van der Waals surface area contributed by atoms with E-state index in [0.717, 1.165) is 10.6 Å². The predicted octanol–water partition coefficient (Wildman–Crippen LogP) is 2.13. The number of aromatic carboxylic acids is 1. The first-order chi connectivity index (χ1) is 11.1. The van der Waals surface area contributed by atoms with E-state index in [1.165, 1.54) is 24.3 Å². The van der Waals surface area contributed by atoms with E-state index in [2.05, 4.69) is 5.32 Å². The van der Waals surface area contributed by atoms with Gasteiger partial charge in [-0.05, 0) is 36.4 Å². The Balaban J connectivity index is 1.79. The second kappa shape index (κ2) is 5.92. The minimum atomic E-state index is -1.06. The number of nitrogens with one attached hydrogen (secondary N) is 1. The second-order valence-corrected chi connectivity index (χ2v) is 5.19. The van der Waals surface area contributed by atoms with Crippen LogP contribution in [0.15, 0.2) is 54.6 Å². The molecule has 0 aromatic heterocycles. The van der Waals surface area contributed by atoms with Gasteiger partial charge in [0.25, 0.3) is 5.91 Å². The Morgan fingerprint density at radius 1 is 1.04 bits per heavy atom. The van der Waals surface area contributed by atoms with Gasteiger partial charge in [0.15, 0.2) is 0 Å². The van der Waals surface area contributed by atoms with Crippen molar-refractivity contribution < 1.29 is 19.5 Å². The van der Waals surface area contributed by atoms with E-state index in [0.29, 0.717) is 5.69 Å². The van der Waals surface area contributed by atoms with Crippen LogP contribution in [-0.4, -0.2) is 28.9 Å². The van der Waals surface area contributed by atoms with Gasteiger partial charge in [0.1, 0.15) is 6.04 Å². The van der Waals surface area contributed by atoms with Crippen LogP contribution in [0, 0.1) is 0 Å². The number of nitrogens with zero attached hydrogens (tertiary/aromatic N) is 1. The van der Waals surface area contributed by atoms with Gasteiger partial charge in [0.2, 0.25) is 5.91 Å². The van der Waals surface area contributed by atoms with Gasteiger partial charge in [0, 0.05) is 5.69 Å². The number of rotatable bonds is 4. The fourth-order valence-electron chi connectivity index (χ4n) is 2.50. The Morgan fingerprint density at radius 2 is 1.70 bits per heavy atom. The van der Waals surface area contributed by atoms with Crippen LogP contribution in [0.4, 0.5) is 11.4 Å². The first kappa shape index (κ1) is 14.8. The lowest BCUT2D eigenvalue weighted by Gasteiger charge is -2.16. The van der Waals surface area contributed by atoms with E-state index >= 15 is 0 Å². The van der Waals surface area contributed by atoms with Crippen molar-refractivity contribution >= 4 is 29.2 Å². The third-order valence-corrected chi connectivity index (χ3v) is 3.63. The molecule has 0 bridgehead atoms. The molecule has 3 rings (SSSR count). The minimum Gasteiger partial charge on any atom is -0.478 e. The standard InChI is InChI=1S/C17H14N2O4/c20-15-10-14(18-12-4-2-1-3-5-12)16(21)19(15)13-8-6-11(7-9-13)17(22)23/h1-9,14,18H,10H2,(H,22,23)/t14-/m0/s1. The zero-order valence-electron chi connectivity index (χ0n) is 12.1. The Morgan fingerprint density at radius 3 is 2.30 bits per heavy atom. The van der Waals surface area contributed by atoms with Crippen molar-refractivity contribution in [2.75, 3.05) is 10.2 Å². The smallest absolute Gasteiger partial charge is 0.335 e. The van der Waals surface area contributed by atoms with Crippen LogP contribution in [0.3, 0.4) is 0 Å². The Kier molecular flexibility index (Phi) is 3.80. The minimum absolute atomic E-state index is 0.0639. The lowest BCUT2D eigenvalue weighted by molar-refractivity contribution is -0.121. The van der Waals surface area contributed by atoms with Gasteiger partial charge in [-0.25, -0.2) is 9.69 Å². The number of imide groups is 1. The highest BCUT2D eigenvalue weighted by Gasteiger charge is 2.39. The molecule has 2 aromatic carbocycles. The molecule has 1 atom stereocenters. The largest absolute Gasteiger partial charge is 0.478 e. The first-order valence-electron chi connectivity index (χ1n) is 7.08. The summed E-state index contributed by atoms with van der Waals surface area (Å²) in [6, 6.07) is 14.2. The van der Waals surface area contributed by atoms with Crippen LogP contribution >= 0.6 is 0 Å². The third-order valence-electron chi connectivity index (χ3n) is 3.63. The molecule has 1 heterocycles. The van der Waals surface area contributed by atoms with E-state index in [4.69, 9.17) is 5.11 Å². The lowest BCUT2D eigenvalue weighted by atomic mass is 10.2. The summed E-state index contributed by atoms with van der Waals surface area (Å²) in [6.45, 7) is 0. The van der Waals surface area contributed by atoms with Crippen LogP contribution in [0.25, 0.3) is 0 Å². The second-order valence-electron chi connectivity index (χ2n) is 5.19. The summed E-state index contributed by atoms with van der Waals surface area (Å²) in [5.74, 6) is -1.72. The number of anilines is 2. The zero-order chi connectivity index (χ0) is 16.4. The number of carbonyl (C=O) groups is 3. The molecule has 2 N–H and O–H groups in total. The van der Waals surface area contributed by atoms with E-state index in [-0.39, 0.29) is 23.8 Å². The molecule has 1 fully saturated rings. The monoisotopic (exact) mass is 310 g/mol. The summed E-state index contributed by atoms with van der Waals surface area (Å²) >= 11 is 0. The molecule has 1 aliphatic heterocycles. The van der Waals surface area contributed by atoms with Crippen molar-refractivity contribution in [1.82, 2.24) is 0 Å². The molecule has 1 aliphatic rings. The van der Waals surface area contributed by atoms with Crippen molar-refractivity contribution in [3.05, 3.63) is 60.2 Å². The number of amides is 2. The third kappa shape index (κ3) is 2.91. The average molecular weight is 310 g/mol. The maximum atomic E-state index is 12.5. The number of carboxylic acid groups (broad SMARTS) is 1. The highest BCUT2D eigenvalue weighted by molar-refractivity contribution is 6.23. The van der Waals surface area contributed by atoms with E-state index in [1.54, 1.807) is 0 Å². The van der Waals surface area contributed by atoms with Gasteiger partial charge in [-0.15, -0.1) is 0 Å². The summed E-state index contributed by atoms with van der Waals surface area (Å²) in [6.07, 6.45) is 0.0639. The quantitative estimate of drug-likeness (QED) is 0.845. The average Bonchev–Trinajstić information content (AvgIpc) is 2.82. The normalized spacial score (nSPS) is 17.4. The maximum Gasteiger partial charge on any atom is 0.335 e. The van der Waals surface area contributed by atoms with Crippen LogP contribution in [0.5, 0.6) is 0 Å². The number of benzene rings is 2. The number of carboxylic acids is 1. The van der Waals surface area contributed by atoms with Gasteiger partial charge in [-0.1, -0.05) is 18.2 Å². The van der Waals surface area contributed by atoms with Gasteiger partial charge in [-0.2, -0.15) is 0 Å². The SMILES string of the molecule is O=C(O)c1ccc(N2C(=O)C[C@H](Nc3ccccc3)C2=O)cc1. The molecule has 0 radical (unpaired) electrons. The molecule has 1 saturated heterocycles. The van der Waals surface area contributed by atoms with Gasteiger partial charge in [0.05, 0.1) is 17.7 Å². The highest BCUT2D eigenvalue weighted by Crippen LogP contribution is 2.25. The molecule has 0 aliphatic carbocycles. The number of hydrogen-bond donors (Lipinski definition) is 2. The molecule has 6 nitrogen and oxygen atoms in total. The van der Waals surface area contributed by atoms with E-state index in [1.807, 2.05) is 30.3 Å². The molecule has 0 spiro atoms. The molecular weight excluding hydrogens is 296 g/mol. The molecule has 2 amide bonds. The van der Waals surface area contributed by atoms with Crippen molar-refractivity contribution in [3.8, 4) is 0 Å². The number of hydrogen-bond acceptors (Lipinski definition) is 4. The summed E-state index contributed by atoms with van der Waals surface area (Å²) < 4.78 is 0. The molecule has 23 heavy (non-hydrogen) atoms. The number of carbonyl (C=O) groups excluding carboxylic acids is 2. The van der Waals surface area contributed by atoms with Crippen LogP contribution in [0.1, 0.15) is 16.8 Å². The molecule has 2 aromatic rings. The van der Waals surface area contributed by atoms with Gasteiger partial charge < -0.3 is 10.4 Å². The molecular formula is C17H14N2O4. The Bertz CT molecular complexity index is 756. The summed E-state index contributed by atoms with van der Waals surface area (Å²) in [7, 11) is 0. The topological polar surface area (TPSA) is 86.7 Å². The highest BCUT2D eigenvalue weighted by atomic mass is 16.4. The van der Waals surface area contributed by atoms with Crippen molar-refractivity contribution in [2.24, 2.45) is 0 Å². The molecule has 0 unspecified atom stereocenters. The van der Waals surface area contributed by atoms with Crippen LogP contribution < -0.4 is 10.2 Å². The van der Waals surface area contributed by atoms with E-state index in [9.17, 15) is 14.4 Å². The van der Waals surface area contributed by atoms with Crippen LogP contribution in [0.2, 0.25) is 0 Å². The fraction of sp³-hybridized carbons (Fsp3) is 0.118. The Labute approximate surface area is 132 Å². The van der Waals surface area contributed by atoms with Gasteiger partial charge in [-0.3, -0.25) is 9.59 Å². The first-order valence-corrected chi connectivity index (χ1v) is 7.08. The molecule has 116 valence electrons. The maximum absolute atomic E-state index is 12.5. The van der Waals surface area contributed by atoms with Crippen molar-refractivity contribution in [2.45, 2.75) is 12.5 Å². The molecule has 0 saturated carbocycles. The van der Waals surface area contributed by atoms with Crippen LogP contribution in [-0.2, 0) is 9.59 Å². The van der Waals surface area contributed by atoms with Crippen molar-refractivity contribution in [3.63, 3.8) is 0 Å². The fourth-order valence-corrected chi connectivity index (χ4v) is 2.50. The number of para-hydroxylation sites is 1. The lowest BCUT2D eigenvalue weighted by Crippen LogP contribution is -2.34. The summed E-state index contributed by atoms with van der Waals surface area (Å²) in [5, 5.41) is 11.9. The Hall–Kier alpha value is -3.15. The van der Waals surface area contributed by atoms with Gasteiger partial charge >= 0.3 is 5.97 Å². The summed E-state index contributed by atoms with van der Waals surface area (Å²) in [4.78, 5) is 36.6. The zero-order valence-corrected chi connectivity index (χ0v) is 12.1. The van der Waals surface area contributed by atoms with Crippen molar-refractivity contribution in [1.29, 1.82) is 0 Å². The predicted molar refractivity (Wildman–Crippen MR) is 84.4 cm³/mol.